The maximum Gasteiger partial charge on any atom is 0.225 e. The lowest BCUT2D eigenvalue weighted by Crippen LogP contribution is -2.47. The second-order valence-corrected chi connectivity index (χ2v) is 5.72. The average Bonchev–Trinajstić information content (AvgIpc) is 2.55. The number of rotatable bonds is 2. The number of ether oxygens (including phenoxy) is 1. The molecule has 1 aromatic rings. The van der Waals surface area contributed by atoms with Crippen LogP contribution in [0, 0.1) is 12.8 Å². The van der Waals surface area contributed by atoms with Crippen molar-refractivity contribution in [1.82, 2.24) is 14.9 Å². The fourth-order valence-corrected chi connectivity index (χ4v) is 3.00. The maximum atomic E-state index is 12.5. The Kier molecular flexibility index (Phi) is 4.34. The Labute approximate surface area is 125 Å². The van der Waals surface area contributed by atoms with Crippen molar-refractivity contribution in [3.63, 3.8) is 0 Å². The van der Waals surface area contributed by atoms with Crippen molar-refractivity contribution in [2.45, 2.75) is 19.8 Å². The summed E-state index contributed by atoms with van der Waals surface area (Å²) in [6.45, 7) is 6.51. The summed E-state index contributed by atoms with van der Waals surface area (Å²) in [5, 5.41) is 0. The summed E-state index contributed by atoms with van der Waals surface area (Å²) in [7, 11) is 0. The van der Waals surface area contributed by atoms with Crippen molar-refractivity contribution < 1.29 is 9.53 Å². The van der Waals surface area contributed by atoms with Crippen LogP contribution in [0.15, 0.2) is 12.4 Å². The number of hydrogen-bond acceptors (Lipinski definition) is 5. The van der Waals surface area contributed by atoms with Crippen LogP contribution in [0.1, 0.15) is 18.5 Å². The Morgan fingerprint density at radius 3 is 2.57 bits per heavy atom. The van der Waals surface area contributed by atoms with Gasteiger partial charge in [-0.3, -0.25) is 9.78 Å². The normalized spacial score (nSPS) is 20.6. The Morgan fingerprint density at radius 1 is 1.19 bits per heavy atom. The molecule has 21 heavy (non-hydrogen) atoms. The van der Waals surface area contributed by atoms with Crippen LogP contribution in [0.3, 0.4) is 0 Å². The van der Waals surface area contributed by atoms with Crippen molar-refractivity contribution in [3.8, 4) is 0 Å². The first-order chi connectivity index (χ1) is 10.2. The molecule has 1 amide bonds. The van der Waals surface area contributed by atoms with Gasteiger partial charge >= 0.3 is 0 Å². The van der Waals surface area contributed by atoms with E-state index in [1.54, 1.807) is 12.4 Å². The minimum absolute atomic E-state index is 0.150. The van der Waals surface area contributed by atoms with E-state index in [1.807, 2.05) is 11.8 Å². The van der Waals surface area contributed by atoms with Gasteiger partial charge in [-0.05, 0) is 19.8 Å². The number of aromatic nitrogens is 2. The van der Waals surface area contributed by atoms with Crippen molar-refractivity contribution in [1.29, 1.82) is 0 Å². The summed E-state index contributed by atoms with van der Waals surface area (Å²) in [6.07, 6.45) is 5.35. The molecule has 2 fully saturated rings. The van der Waals surface area contributed by atoms with Crippen molar-refractivity contribution >= 4 is 11.7 Å². The molecule has 0 aromatic carbocycles. The Hall–Kier alpha value is -1.69. The molecule has 2 saturated heterocycles. The molecule has 3 heterocycles. The molecule has 1 aromatic heterocycles. The van der Waals surface area contributed by atoms with Gasteiger partial charge in [0.05, 0.1) is 25.1 Å². The van der Waals surface area contributed by atoms with Crippen LogP contribution in [-0.2, 0) is 9.53 Å². The van der Waals surface area contributed by atoms with Gasteiger partial charge in [0.2, 0.25) is 5.91 Å². The van der Waals surface area contributed by atoms with E-state index in [1.165, 1.54) is 0 Å². The minimum Gasteiger partial charge on any atom is -0.378 e. The van der Waals surface area contributed by atoms with Gasteiger partial charge in [0.15, 0.2) is 0 Å². The number of morpholine rings is 1. The quantitative estimate of drug-likeness (QED) is 0.808. The van der Waals surface area contributed by atoms with Crippen LogP contribution in [0.2, 0.25) is 0 Å². The highest BCUT2D eigenvalue weighted by molar-refractivity contribution is 5.79. The van der Waals surface area contributed by atoms with Crippen LogP contribution in [-0.4, -0.2) is 60.2 Å². The van der Waals surface area contributed by atoms with Crippen molar-refractivity contribution in [2.24, 2.45) is 5.92 Å². The highest BCUT2D eigenvalue weighted by Crippen LogP contribution is 2.23. The molecule has 6 nitrogen and oxygen atoms in total. The third-order valence-corrected chi connectivity index (χ3v) is 4.23. The van der Waals surface area contributed by atoms with E-state index >= 15 is 0 Å². The first-order valence-corrected chi connectivity index (χ1v) is 7.64. The predicted molar refractivity (Wildman–Crippen MR) is 79.1 cm³/mol. The van der Waals surface area contributed by atoms with Gasteiger partial charge in [-0.25, -0.2) is 4.98 Å². The monoisotopic (exact) mass is 290 g/mol. The lowest BCUT2D eigenvalue weighted by atomic mass is 9.95. The number of aryl methyl sites for hydroxylation is 1. The Balaban J connectivity index is 1.56. The zero-order valence-corrected chi connectivity index (χ0v) is 12.5. The topological polar surface area (TPSA) is 58.6 Å². The number of nitrogens with zero attached hydrogens (tertiary/aromatic N) is 4. The van der Waals surface area contributed by atoms with Crippen LogP contribution < -0.4 is 4.90 Å². The largest absolute Gasteiger partial charge is 0.378 e. The number of hydrogen-bond donors (Lipinski definition) is 0. The van der Waals surface area contributed by atoms with Gasteiger partial charge in [-0.1, -0.05) is 0 Å². The van der Waals surface area contributed by atoms with Crippen LogP contribution in [0.25, 0.3) is 0 Å². The third-order valence-electron chi connectivity index (χ3n) is 4.23. The fraction of sp³-hybridized carbons (Fsp3) is 0.667. The first kappa shape index (κ1) is 14.3. The van der Waals surface area contributed by atoms with Gasteiger partial charge < -0.3 is 14.5 Å². The summed E-state index contributed by atoms with van der Waals surface area (Å²) >= 11 is 0. The molecule has 0 aliphatic carbocycles. The van der Waals surface area contributed by atoms with Crippen LogP contribution >= 0.6 is 0 Å². The smallest absolute Gasteiger partial charge is 0.225 e. The lowest BCUT2D eigenvalue weighted by molar-refractivity contribution is -0.140. The summed E-state index contributed by atoms with van der Waals surface area (Å²) < 4.78 is 5.31. The molecule has 6 heteroatoms. The van der Waals surface area contributed by atoms with E-state index in [-0.39, 0.29) is 5.92 Å². The summed E-state index contributed by atoms with van der Waals surface area (Å²) in [5.74, 6) is 1.37. The van der Waals surface area contributed by atoms with Crippen LogP contribution in [0.4, 0.5) is 5.82 Å². The number of piperidine rings is 1. The Bertz CT molecular complexity index is 494. The van der Waals surface area contributed by atoms with Gasteiger partial charge in [0, 0.05) is 38.3 Å². The molecule has 2 aliphatic heterocycles. The standard InChI is InChI=1S/C15H22N4O2/c1-12-10-16-11-14(17-12)18-4-2-13(3-5-18)15(20)19-6-8-21-9-7-19/h10-11,13H,2-9H2,1H3. The molecule has 0 N–H and O–H groups in total. The molecule has 0 saturated carbocycles. The molecular formula is C15H22N4O2. The van der Waals surface area contributed by atoms with Crippen molar-refractivity contribution in [3.05, 3.63) is 18.1 Å². The van der Waals surface area contributed by atoms with E-state index in [0.717, 1.165) is 50.5 Å². The minimum atomic E-state index is 0.150. The van der Waals surface area contributed by atoms with E-state index in [2.05, 4.69) is 14.9 Å². The molecular weight excluding hydrogens is 268 g/mol. The van der Waals surface area contributed by atoms with Gasteiger partial charge in [-0.2, -0.15) is 0 Å². The van der Waals surface area contributed by atoms with Crippen molar-refractivity contribution in [2.75, 3.05) is 44.3 Å². The number of carbonyl (C=O) groups excluding carboxylic acids is 1. The van der Waals surface area contributed by atoms with Crippen LogP contribution in [0.5, 0.6) is 0 Å². The maximum absolute atomic E-state index is 12.5. The SMILES string of the molecule is Cc1cncc(N2CCC(C(=O)N3CCOCC3)CC2)n1. The molecule has 0 radical (unpaired) electrons. The zero-order chi connectivity index (χ0) is 14.7. The highest BCUT2D eigenvalue weighted by Gasteiger charge is 2.29. The zero-order valence-electron chi connectivity index (χ0n) is 12.5. The molecule has 0 unspecified atom stereocenters. The second-order valence-electron chi connectivity index (χ2n) is 5.72. The second kappa shape index (κ2) is 6.39. The van der Waals surface area contributed by atoms with E-state index in [4.69, 9.17) is 4.74 Å². The molecule has 3 rings (SSSR count). The predicted octanol–water partition coefficient (Wildman–Crippen LogP) is 0.860. The fourth-order valence-electron chi connectivity index (χ4n) is 3.00. The molecule has 0 atom stereocenters. The summed E-state index contributed by atoms with van der Waals surface area (Å²) in [6, 6.07) is 0. The molecule has 0 bridgehead atoms. The van der Waals surface area contributed by atoms with Gasteiger partial charge in [-0.15, -0.1) is 0 Å². The Morgan fingerprint density at radius 2 is 1.90 bits per heavy atom. The molecule has 2 aliphatic rings. The summed E-state index contributed by atoms with van der Waals surface area (Å²) in [5.41, 5.74) is 0.930. The average molecular weight is 290 g/mol. The highest BCUT2D eigenvalue weighted by atomic mass is 16.5. The van der Waals surface area contributed by atoms with E-state index in [9.17, 15) is 4.79 Å². The number of carbonyl (C=O) groups is 1. The number of amides is 1. The number of anilines is 1. The molecule has 114 valence electrons. The van der Waals surface area contributed by atoms with Gasteiger partial charge in [0.1, 0.15) is 5.82 Å². The van der Waals surface area contributed by atoms with E-state index in [0.29, 0.717) is 19.1 Å². The molecule has 0 spiro atoms. The first-order valence-electron chi connectivity index (χ1n) is 7.64. The van der Waals surface area contributed by atoms with E-state index < -0.39 is 0 Å². The lowest BCUT2D eigenvalue weighted by Gasteiger charge is -2.35. The third kappa shape index (κ3) is 3.32. The van der Waals surface area contributed by atoms with Gasteiger partial charge in [0.25, 0.3) is 0 Å². The summed E-state index contributed by atoms with van der Waals surface area (Å²) in [4.78, 5) is 25.4.